The van der Waals surface area contributed by atoms with Crippen LogP contribution in [0.25, 0.3) is 0 Å². The second-order valence-electron chi connectivity index (χ2n) is 2.48. The van der Waals surface area contributed by atoms with E-state index >= 15 is 0 Å². The van der Waals surface area contributed by atoms with E-state index in [1.807, 2.05) is 0 Å². The SMILES string of the molecule is CON=Cc1cc([C]=O)cc(Cl)c1N. The maximum Gasteiger partial charge on any atom is 0.233 e. The Bertz CT molecular complexity index is 377. The summed E-state index contributed by atoms with van der Waals surface area (Å²) in [6.45, 7) is 0. The van der Waals surface area contributed by atoms with Gasteiger partial charge < -0.3 is 10.6 Å². The number of oxime groups is 1. The average Bonchev–Trinajstić information content (AvgIpc) is 2.20. The van der Waals surface area contributed by atoms with Gasteiger partial charge in [-0.15, -0.1) is 0 Å². The highest BCUT2D eigenvalue weighted by molar-refractivity contribution is 6.34. The Hall–Kier alpha value is -1.55. The molecule has 0 saturated heterocycles. The van der Waals surface area contributed by atoms with E-state index in [9.17, 15) is 4.79 Å². The monoisotopic (exact) mass is 211 g/mol. The molecule has 1 rings (SSSR count). The van der Waals surface area contributed by atoms with E-state index < -0.39 is 0 Å². The van der Waals surface area contributed by atoms with Gasteiger partial charge in [0, 0.05) is 11.1 Å². The average molecular weight is 212 g/mol. The molecule has 0 aliphatic rings. The van der Waals surface area contributed by atoms with E-state index in [1.165, 1.54) is 25.5 Å². The fraction of sp³-hybridized carbons (Fsp3) is 0.111. The molecule has 4 nitrogen and oxygen atoms in total. The zero-order chi connectivity index (χ0) is 10.6. The molecule has 0 fully saturated rings. The van der Waals surface area contributed by atoms with Crippen LogP contribution in [0.4, 0.5) is 5.69 Å². The van der Waals surface area contributed by atoms with Crippen LogP contribution in [0, 0.1) is 0 Å². The lowest BCUT2D eigenvalue weighted by Gasteiger charge is -2.02. The summed E-state index contributed by atoms with van der Waals surface area (Å²) in [4.78, 5) is 14.9. The van der Waals surface area contributed by atoms with Crippen molar-refractivity contribution in [2.24, 2.45) is 5.16 Å². The second kappa shape index (κ2) is 4.62. The highest BCUT2D eigenvalue weighted by Gasteiger charge is 2.04. The van der Waals surface area contributed by atoms with Gasteiger partial charge >= 0.3 is 0 Å². The molecule has 73 valence electrons. The molecule has 1 aromatic rings. The van der Waals surface area contributed by atoms with E-state index in [0.29, 0.717) is 21.8 Å². The molecule has 0 heterocycles. The fourth-order valence-electron chi connectivity index (χ4n) is 0.914. The Morgan fingerprint density at radius 3 is 2.93 bits per heavy atom. The summed E-state index contributed by atoms with van der Waals surface area (Å²) < 4.78 is 0. The summed E-state index contributed by atoms with van der Waals surface area (Å²) >= 11 is 5.77. The van der Waals surface area contributed by atoms with Crippen LogP contribution in [0.15, 0.2) is 17.3 Å². The first-order valence-corrected chi connectivity index (χ1v) is 4.10. The Balaban J connectivity index is 3.19. The first-order chi connectivity index (χ1) is 6.69. The minimum atomic E-state index is 0.295. The Kier molecular flexibility index (Phi) is 3.48. The van der Waals surface area contributed by atoms with Gasteiger partial charge in [0.15, 0.2) is 0 Å². The van der Waals surface area contributed by atoms with E-state index in [2.05, 4.69) is 9.99 Å². The van der Waals surface area contributed by atoms with Crippen molar-refractivity contribution < 1.29 is 9.63 Å². The molecule has 0 saturated carbocycles. The number of nitrogens with zero attached hydrogens (tertiary/aromatic N) is 1. The molecule has 0 aromatic heterocycles. The molecule has 0 aliphatic heterocycles. The Morgan fingerprint density at radius 2 is 2.36 bits per heavy atom. The van der Waals surface area contributed by atoms with Crippen LogP contribution in [0.1, 0.15) is 11.1 Å². The van der Waals surface area contributed by atoms with Crippen molar-refractivity contribution in [1.29, 1.82) is 0 Å². The molecule has 0 atom stereocenters. The maximum absolute atomic E-state index is 10.4. The predicted octanol–water partition coefficient (Wildman–Crippen LogP) is 1.36. The lowest BCUT2D eigenvalue weighted by Crippen LogP contribution is -1.97. The number of benzene rings is 1. The number of anilines is 1. The molecular formula is C9H8ClN2O2. The van der Waals surface area contributed by atoms with Gasteiger partial charge in [-0.25, -0.2) is 0 Å². The molecule has 0 unspecified atom stereocenters. The topological polar surface area (TPSA) is 64.7 Å². The van der Waals surface area contributed by atoms with E-state index in [-0.39, 0.29) is 0 Å². The molecule has 5 heteroatoms. The van der Waals surface area contributed by atoms with Gasteiger partial charge in [-0.05, 0) is 12.1 Å². The van der Waals surface area contributed by atoms with Gasteiger partial charge in [0.1, 0.15) is 7.11 Å². The van der Waals surface area contributed by atoms with Gasteiger partial charge in [0.05, 0.1) is 16.9 Å². The number of carbonyl (C=O) groups excluding carboxylic acids is 1. The normalized spacial score (nSPS) is 10.4. The first-order valence-electron chi connectivity index (χ1n) is 3.72. The Morgan fingerprint density at radius 1 is 1.64 bits per heavy atom. The molecule has 1 aromatic carbocycles. The van der Waals surface area contributed by atoms with E-state index in [1.54, 1.807) is 6.29 Å². The van der Waals surface area contributed by atoms with Gasteiger partial charge in [-0.2, -0.15) is 0 Å². The van der Waals surface area contributed by atoms with E-state index in [4.69, 9.17) is 17.3 Å². The highest BCUT2D eigenvalue weighted by Crippen LogP contribution is 2.23. The first kappa shape index (κ1) is 10.5. The number of hydrogen-bond donors (Lipinski definition) is 1. The molecule has 14 heavy (non-hydrogen) atoms. The van der Waals surface area contributed by atoms with Gasteiger partial charge in [0.25, 0.3) is 0 Å². The summed E-state index contributed by atoms with van der Waals surface area (Å²) in [5.74, 6) is 0. The summed E-state index contributed by atoms with van der Waals surface area (Å²) in [5, 5.41) is 3.82. The standard InChI is InChI=1S/C9H8ClN2O2/c1-14-12-4-7-2-6(5-13)3-8(10)9(7)11/h2-4H,11H2,1H3. The summed E-state index contributed by atoms with van der Waals surface area (Å²) in [6, 6.07) is 2.96. The third-order valence-electron chi connectivity index (χ3n) is 1.58. The van der Waals surface area contributed by atoms with Crippen molar-refractivity contribution in [3.05, 3.63) is 28.3 Å². The van der Waals surface area contributed by atoms with Crippen LogP contribution in [0.3, 0.4) is 0 Å². The lowest BCUT2D eigenvalue weighted by atomic mass is 10.1. The molecular weight excluding hydrogens is 204 g/mol. The van der Waals surface area contributed by atoms with Crippen LogP contribution in [0.5, 0.6) is 0 Å². The fourth-order valence-corrected chi connectivity index (χ4v) is 1.14. The second-order valence-corrected chi connectivity index (χ2v) is 2.89. The molecule has 2 N–H and O–H groups in total. The number of rotatable bonds is 3. The number of nitrogens with two attached hydrogens (primary N) is 1. The molecule has 0 aliphatic carbocycles. The lowest BCUT2D eigenvalue weighted by molar-refractivity contribution is 0.215. The third kappa shape index (κ3) is 2.23. The van der Waals surface area contributed by atoms with Gasteiger partial charge in [-0.3, -0.25) is 4.79 Å². The zero-order valence-corrected chi connectivity index (χ0v) is 8.21. The van der Waals surface area contributed by atoms with Gasteiger partial charge in [-0.1, -0.05) is 16.8 Å². The third-order valence-corrected chi connectivity index (χ3v) is 1.89. The van der Waals surface area contributed by atoms with Crippen molar-refractivity contribution in [3.63, 3.8) is 0 Å². The summed E-state index contributed by atoms with van der Waals surface area (Å²) in [7, 11) is 1.41. The summed E-state index contributed by atoms with van der Waals surface area (Å²) in [5.41, 5.74) is 6.84. The molecule has 0 spiro atoms. The quantitative estimate of drug-likeness (QED) is 0.467. The van der Waals surface area contributed by atoms with Crippen molar-refractivity contribution in [1.82, 2.24) is 0 Å². The van der Waals surface area contributed by atoms with Gasteiger partial charge in [0.2, 0.25) is 6.29 Å². The maximum atomic E-state index is 10.4. The molecule has 0 bridgehead atoms. The predicted molar refractivity (Wildman–Crippen MR) is 55.3 cm³/mol. The number of hydrogen-bond acceptors (Lipinski definition) is 4. The largest absolute Gasteiger partial charge is 0.399 e. The van der Waals surface area contributed by atoms with Crippen molar-refractivity contribution in [3.8, 4) is 0 Å². The number of halogens is 1. The minimum Gasteiger partial charge on any atom is -0.399 e. The van der Waals surface area contributed by atoms with E-state index in [0.717, 1.165) is 0 Å². The van der Waals surface area contributed by atoms with Crippen molar-refractivity contribution >= 4 is 29.8 Å². The highest BCUT2D eigenvalue weighted by atomic mass is 35.5. The Labute approximate surface area is 86.3 Å². The smallest absolute Gasteiger partial charge is 0.233 e. The van der Waals surface area contributed by atoms with Crippen LogP contribution >= 0.6 is 11.6 Å². The van der Waals surface area contributed by atoms with Crippen LogP contribution in [-0.4, -0.2) is 19.6 Å². The van der Waals surface area contributed by atoms with Crippen LogP contribution in [-0.2, 0) is 9.63 Å². The van der Waals surface area contributed by atoms with Crippen molar-refractivity contribution in [2.45, 2.75) is 0 Å². The molecule has 1 radical (unpaired) electrons. The van der Waals surface area contributed by atoms with Crippen LogP contribution in [0.2, 0.25) is 5.02 Å². The minimum absolute atomic E-state index is 0.295. The van der Waals surface area contributed by atoms with Crippen molar-refractivity contribution in [2.75, 3.05) is 12.8 Å². The number of nitrogen functional groups attached to an aromatic ring is 1. The summed E-state index contributed by atoms with van der Waals surface area (Å²) in [6.07, 6.45) is 3.10. The molecule has 0 amide bonds. The zero-order valence-electron chi connectivity index (χ0n) is 7.45. The van der Waals surface area contributed by atoms with Crippen LogP contribution < -0.4 is 5.73 Å².